The van der Waals surface area contributed by atoms with E-state index in [1.165, 1.54) is 0 Å². The van der Waals surface area contributed by atoms with E-state index in [1.54, 1.807) is 7.11 Å². The number of aryl methyl sites for hydroxylation is 1. The molecule has 5 heteroatoms. The molecule has 0 saturated carbocycles. The Morgan fingerprint density at radius 1 is 1.32 bits per heavy atom. The van der Waals surface area contributed by atoms with Gasteiger partial charge in [-0.05, 0) is 24.3 Å². The molecule has 0 spiro atoms. The summed E-state index contributed by atoms with van der Waals surface area (Å²) in [6.45, 7) is 7.53. The van der Waals surface area contributed by atoms with Crippen LogP contribution in [0.1, 0.15) is 37.6 Å². The number of anilines is 1. The van der Waals surface area contributed by atoms with Crippen molar-refractivity contribution >= 4 is 5.82 Å². The maximum absolute atomic E-state index is 9.34. The molecule has 104 valence electrons. The van der Waals surface area contributed by atoms with Crippen LogP contribution in [0.25, 0.3) is 0 Å². The fraction of sp³-hybridized carbons (Fsp3) is 0.643. The third-order valence-corrected chi connectivity index (χ3v) is 3.03. The van der Waals surface area contributed by atoms with Gasteiger partial charge in [-0.1, -0.05) is 20.8 Å². The second-order valence-electron chi connectivity index (χ2n) is 4.61. The van der Waals surface area contributed by atoms with Crippen molar-refractivity contribution in [2.45, 2.75) is 33.6 Å². The number of nitriles is 1. The summed E-state index contributed by atoms with van der Waals surface area (Å²) in [6.07, 6.45) is 1.59. The number of methoxy groups -OCH3 is 1. The van der Waals surface area contributed by atoms with Gasteiger partial charge in [0.05, 0.1) is 12.3 Å². The van der Waals surface area contributed by atoms with Gasteiger partial charge in [0.15, 0.2) is 5.82 Å². The molecule has 0 aliphatic heterocycles. The van der Waals surface area contributed by atoms with Crippen LogP contribution in [-0.2, 0) is 17.6 Å². The summed E-state index contributed by atoms with van der Waals surface area (Å²) in [5, 5.41) is 20.9. The second-order valence-corrected chi connectivity index (χ2v) is 4.61. The zero-order valence-electron chi connectivity index (χ0n) is 12.2. The highest BCUT2D eigenvalue weighted by atomic mass is 16.5. The quantitative estimate of drug-likeness (QED) is 0.815. The van der Waals surface area contributed by atoms with Crippen molar-refractivity contribution in [2.75, 3.05) is 25.6 Å². The van der Waals surface area contributed by atoms with Gasteiger partial charge in [-0.2, -0.15) is 10.4 Å². The van der Waals surface area contributed by atoms with E-state index in [-0.39, 0.29) is 0 Å². The fourth-order valence-electron chi connectivity index (χ4n) is 2.03. The molecule has 0 radical (unpaired) electrons. The number of ether oxygens (including phenoxy) is 1. The molecule has 0 saturated heterocycles. The Hall–Kier alpha value is -1.67. The highest BCUT2D eigenvalue weighted by Gasteiger charge is 2.14. The second kappa shape index (κ2) is 7.70. The summed E-state index contributed by atoms with van der Waals surface area (Å²) in [4.78, 5) is 0. The van der Waals surface area contributed by atoms with Crippen molar-refractivity contribution in [3.05, 3.63) is 16.8 Å². The van der Waals surface area contributed by atoms with E-state index in [4.69, 9.17) is 4.74 Å². The minimum atomic E-state index is 0.356. The minimum Gasteiger partial charge on any atom is -0.384 e. The average molecular weight is 262 g/mol. The first-order valence-corrected chi connectivity index (χ1v) is 6.69. The molecular formula is C14H22N4O. The van der Waals surface area contributed by atoms with Gasteiger partial charge < -0.3 is 10.1 Å². The maximum Gasteiger partial charge on any atom is 0.166 e. The van der Waals surface area contributed by atoms with Crippen LogP contribution in [0.5, 0.6) is 0 Å². The predicted molar refractivity (Wildman–Crippen MR) is 75.0 cm³/mol. The lowest BCUT2D eigenvalue weighted by atomic mass is 10.0. The third-order valence-electron chi connectivity index (χ3n) is 3.03. The molecular weight excluding hydrogens is 240 g/mol. The van der Waals surface area contributed by atoms with Crippen LogP contribution in [0.15, 0.2) is 0 Å². The minimum absolute atomic E-state index is 0.356. The zero-order chi connectivity index (χ0) is 14.3. The van der Waals surface area contributed by atoms with Gasteiger partial charge in [0.2, 0.25) is 0 Å². The standard InChI is InChI=1S/C14H22N4O/c1-5-11-12(7-15)14(18-17-13(11)6-2)16-8-10(3)9-19-4/h10H,5-6,8-9H2,1-4H3,(H,16,18). The van der Waals surface area contributed by atoms with Crippen LogP contribution in [0.2, 0.25) is 0 Å². The molecule has 1 rings (SSSR count). The van der Waals surface area contributed by atoms with Crippen LogP contribution in [-0.4, -0.2) is 30.5 Å². The summed E-state index contributed by atoms with van der Waals surface area (Å²) in [7, 11) is 1.68. The van der Waals surface area contributed by atoms with E-state index in [9.17, 15) is 5.26 Å². The van der Waals surface area contributed by atoms with E-state index in [0.717, 1.165) is 24.1 Å². The SMILES string of the molecule is CCc1nnc(NCC(C)COC)c(C#N)c1CC. The number of hydrogen-bond donors (Lipinski definition) is 1. The van der Waals surface area contributed by atoms with E-state index < -0.39 is 0 Å². The van der Waals surface area contributed by atoms with E-state index >= 15 is 0 Å². The van der Waals surface area contributed by atoms with Crippen molar-refractivity contribution in [2.24, 2.45) is 5.92 Å². The summed E-state index contributed by atoms with van der Waals surface area (Å²) < 4.78 is 5.09. The Morgan fingerprint density at radius 3 is 2.58 bits per heavy atom. The van der Waals surface area contributed by atoms with Crippen molar-refractivity contribution in [3.8, 4) is 6.07 Å². The lowest BCUT2D eigenvalue weighted by Crippen LogP contribution is -2.18. The molecule has 1 aromatic rings. The van der Waals surface area contributed by atoms with Gasteiger partial charge in [-0.25, -0.2) is 0 Å². The van der Waals surface area contributed by atoms with Gasteiger partial charge in [-0.15, -0.1) is 5.10 Å². The van der Waals surface area contributed by atoms with Crippen molar-refractivity contribution < 1.29 is 4.74 Å². The Kier molecular flexibility index (Phi) is 6.23. The number of rotatable bonds is 7. The van der Waals surface area contributed by atoms with Gasteiger partial charge in [-0.3, -0.25) is 0 Å². The van der Waals surface area contributed by atoms with Gasteiger partial charge >= 0.3 is 0 Å². The number of hydrogen-bond acceptors (Lipinski definition) is 5. The van der Waals surface area contributed by atoms with E-state index in [0.29, 0.717) is 30.5 Å². The van der Waals surface area contributed by atoms with Crippen LogP contribution in [0.3, 0.4) is 0 Å². The van der Waals surface area contributed by atoms with Crippen molar-refractivity contribution in [1.82, 2.24) is 10.2 Å². The first-order chi connectivity index (χ1) is 9.17. The predicted octanol–water partition coefficient (Wildman–Crippen LogP) is 2.17. The van der Waals surface area contributed by atoms with Crippen LogP contribution < -0.4 is 5.32 Å². The topological polar surface area (TPSA) is 70.8 Å². The first-order valence-electron chi connectivity index (χ1n) is 6.69. The molecule has 19 heavy (non-hydrogen) atoms. The van der Waals surface area contributed by atoms with Crippen LogP contribution in [0.4, 0.5) is 5.82 Å². The van der Waals surface area contributed by atoms with E-state index in [2.05, 4.69) is 28.5 Å². The molecule has 1 N–H and O–H groups in total. The Balaban J connectivity index is 2.93. The van der Waals surface area contributed by atoms with E-state index in [1.807, 2.05) is 13.8 Å². The molecule has 0 bridgehead atoms. The average Bonchev–Trinajstić information content (AvgIpc) is 2.43. The molecule has 0 amide bonds. The largest absolute Gasteiger partial charge is 0.384 e. The van der Waals surface area contributed by atoms with Crippen molar-refractivity contribution in [1.29, 1.82) is 5.26 Å². The molecule has 1 heterocycles. The summed E-state index contributed by atoms with van der Waals surface area (Å²) >= 11 is 0. The fourth-order valence-corrected chi connectivity index (χ4v) is 2.03. The lowest BCUT2D eigenvalue weighted by molar-refractivity contribution is 0.164. The van der Waals surface area contributed by atoms with Crippen molar-refractivity contribution in [3.63, 3.8) is 0 Å². The highest BCUT2D eigenvalue weighted by Crippen LogP contribution is 2.20. The number of nitrogens with zero attached hydrogens (tertiary/aromatic N) is 3. The summed E-state index contributed by atoms with van der Waals surface area (Å²) in [5.41, 5.74) is 2.54. The molecule has 0 aliphatic rings. The van der Waals surface area contributed by atoms with Gasteiger partial charge in [0.1, 0.15) is 11.6 Å². The smallest absolute Gasteiger partial charge is 0.166 e. The highest BCUT2D eigenvalue weighted by molar-refractivity contribution is 5.56. The number of nitrogens with one attached hydrogen (secondary N) is 1. The summed E-state index contributed by atoms with van der Waals surface area (Å²) in [5.74, 6) is 0.939. The Labute approximate surface area is 115 Å². The molecule has 1 atom stereocenters. The van der Waals surface area contributed by atoms with Crippen LogP contribution in [0, 0.1) is 17.2 Å². The Bertz CT molecular complexity index is 453. The van der Waals surface area contributed by atoms with Gasteiger partial charge in [0.25, 0.3) is 0 Å². The molecule has 5 nitrogen and oxygen atoms in total. The maximum atomic E-state index is 9.34. The summed E-state index contributed by atoms with van der Waals surface area (Å²) in [6, 6.07) is 2.25. The molecule has 1 aromatic heterocycles. The first kappa shape index (κ1) is 15.4. The Morgan fingerprint density at radius 2 is 2.05 bits per heavy atom. The molecule has 0 aliphatic carbocycles. The third kappa shape index (κ3) is 3.90. The number of aromatic nitrogens is 2. The molecule has 0 fully saturated rings. The molecule has 0 aromatic carbocycles. The zero-order valence-corrected chi connectivity index (χ0v) is 12.2. The normalized spacial score (nSPS) is 11.9. The molecule has 1 unspecified atom stereocenters. The lowest BCUT2D eigenvalue weighted by Gasteiger charge is -2.14. The van der Waals surface area contributed by atoms with Crippen LogP contribution >= 0.6 is 0 Å². The monoisotopic (exact) mass is 262 g/mol. The van der Waals surface area contributed by atoms with Gasteiger partial charge in [0, 0.05) is 13.7 Å².